The standard InChI is InChI=1S/C40H73N3O2/c1-32-39(44)27-25-36(41-32)22-17-13-9-5-3-7-11-15-20-34-30-35(38-24-19-29-43(38)31-34)21-16-12-8-4-6-10-14-18-23-37-26-28-40(45)33(2)42-37/h30,32-33,36-37,39-42,44-45H,3-29,31H2,1-2H3. The first-order chi connectivity index (χ1) is 22.0. The molecule has 0 bridgehead atoms. The summed E-state index contributed by atoms with van der Waals surface area (Å²) < 4.78 is 0. The van der Waals surface area contributed by atoms with Gasteiger partial charge in [-0.25, -0.2) is 0 Å². The van der Waals surface area contributed by atoms with E-state index in [4.69, 9.17) is 0 Å². The van der Waals surface area contributed by atoms with E-state index >= 15 is 0 Å². The molecule has 4 heterocycles. The van der Waals surface area contributed by atoms with Gasteiger partial charge in [0.25, 0.3) is 0 Å². The van der Waals surface area contributed by atoms with Gasteiger partial charge in [0, 0.05) is 43.0 Å². The van der Waals surface area contributed by atoms with Crippen molar-refractivity contribution in [3.05, 3.63) is 22.9 Å². The fraction of sp³-hybridized carbons (Fsp3) is 0.900. The Hall–Kier alpha value is -0.880. The minimum Gasteiger partial charge on any atom is -0.392 e. The molecule has 4 N–H and O–H groups in total. The highest BCUT2D eigenvalue weighted by atomic mass is 16.3. The lowest BCUT2D eigenvalue weighted by Gasteiger charge is -2.32. The Morgan fingerprint density at radius 2 is 1.09 bits per heavy atom. The maximum Gasteiger partial charge on any atom is 0.0691 e. The number of rotatable bonds is 22. The molecule has 0 aromatic heterocycles. The van der Waals surface area contributed by atoms with Crippen LogP contribution in [0.2, 0.25) is 0 Å². The molecule has 0 spiro atoms. The molecule has 260 valence electrons. The summed E-state index contributed by atoms with van der Waals surface area (Å²) in [6.45, 7) is 6.74. The Labute approximate surface area is 278 Å². The summed E-state index contributed by atoms with van der Waals surface area (Å²) in [5, 5.41) is 27.0. The van der Waals surface area contributed by atoms with Crippen LogP contribution in [0.1, 0.15) is 181 Å². The zero-order chi connectivity index (χ0) is 31.7. The van der Waals surface area contributed by atoms with Gasteiger partial charge in [0.2, 0.25) is 0 Å². The number of nitrogens with zero attached hydrogens (tertiary/aromatic N) is 1. The Morgan fingerprint density at radius 1 is 0.622 bits per heavy atom. The van der Waals surface area contributed by atoms with Crippen molar-refractivity contribution < 1.29 is 10.2 Å². The van der Waals surface area contributed by atoms with Crippen LogP contribution in [0, 0.1) is 0 Å². The molecule has 0 radical (unpaired) electrons. The molecular formula is C40H73N3O2. The fourth-order valence-corrected chi connectivity index (χ4v) is 8.66. The van der Waals surface area contributed by atoms with Gasteiger partial charge in [0.15, 0.2) is 0 Å². The van der Waals surface area contributed by atoms with Crippen LogP contribution in [0.3, 0.4) is 0 Å². The second kappa shape index (κ2) is 21.2. The summed E-state index contributed by atoms with van der Waals surface area (Å²) in [6, 6.07) is 1.80. The third-order valence-electron chi connectivity index (χ3n) is 11.7. The zero-order valence-electron chi connectivity index (χ0n) is 29.7. The molecule has 4 rings (SSSR count). The molecule has 5 nitrogen and oxygen atoms in total. The minimum atomic E-state index is -0.144. The molecule has 45 heavy (non-hydrogen) atoms. The van der Waals surface area contributed by atoms with E-state index in [-0.39, 0.29) is 24.3 Å². The number of nitrogens with one attached hydrogen (secondary N) is 2. The van der Waals surface area contributed by atoms with Gasteiger partial charge in [-0.15, -0.1) is 0 Å². The minimum absolute atomic E-state index is 0.144. The number of fused-ring (bicyclic) bond motifs is 1. The molecule has 0 aliphatic carbocycles. The average molecular weight is 628 g/mol. The third kappa shape index (κ3) is 13.6. The first-order valence-electron chi connectivity index (χ1n) is 20.0. The van der Waals surface area contributed by atoms with E-state index in [1.54, 1.807) is 16.8 Å². The van der Waals surface area contributed by atoms with Crippen molar-refractivity contribution in [1.29, 1.82) is 0 Å². The largest absolute Gasteiger partial charge is 0.392 e. The van der Waals surface area contributed by atoms with Gasteiger partial charge >= 0.3 is 0 Å². The van der Waals surface area contributed by atoms with Crippen molar-refractivity contribution in [3.63, 3.8) is 0 Å². The lowest BCUT2D eigenvalue weighted by molar-refractivity contribution is 0.0848. The van der Waals surface area contributed by atoms with Gasteiger partial charge in [0.05, 0.1) is 12.2 Å². The number of hydrogen-bond acceptors (Lipinski definition) is 5. The van der Waals surface area contributed by atoms with Crippen molar-refractivity contribution in [2.45, 2.75) is 217 Å². The van der Waals surface area contributed by atoms with Crippen molar-refractivity contribution in [3.8, 4) is 0 Å². The fourth-order valence-electron chi connectivity index (χ4n) is 8.66. The summed E-state index contributed by atoms with van der Waals surface area (Å²) in [5.41, 5.74) is 5.10. The van der Waals surface area contributed by atoms with E-state index in [0.717, 1.165) is 25.7 Å². The van der Waals surface area contributed by atoms with E-state index in [0.29, 0.717) is 12.1 Å². The second-order valence-corrected chi connectivity index (χ2v) is 15.6. The van der Waals surface area contributed by atoms with Crippen LogP contribution in [0.25, 0.3) is 0 Å². The molecule has 0 aromatic rings. The Balaban J connectivity index is 0.971. The zero-order valence-corrected chi connectivity index (χ0v) is 29.7. The van der Waals surface area contributed by atoms with Crippen LogP contribution in [-0.2, 0) is 0 Å². The van der Waals surface area contributed by atoms with Crippen molar-refractivity contribution in [2.75, 3.05) is 13.1 Å². The maximum atomic E-state index is 9.89. The van der Waals surface area contributed by atoms with E-state index in [1.807, 2.05) is 0 Å². The summed E-state index contributed by atoms with van der Waals surface area (Å²) in [7, 11) is 0. The first-order valence-corrected chi connectivity index (χ1v) is 20.0. The van der Waals surface area contributed by atoms with Gasteiger partial charge in [-0.05, 0) is 96.5 Å². The lowest BCUT2D eigenvalue weighted by atomic mass is 9.93. The van der Waals surface area contributed by atoms with Crippen molar-refractivity contribution >= 4 is 0 Å². The molecule has 4 aliphatic rings. The summed E-state index contributed by atoms with van der Waals surface area (Å²) in [6.07, 6.45) is 36.7. The highest BCUT2D eigenvalue weighted by Crippen LogP contribution is 2.34. The molecule has 3 saturated heterocycles. The Kier molecular flexibility index (Phi) is 17.4. The number of aliphatic hydroxyl groups excluding tert-OH is 2. The smallest absolute Gasteiger partial charge is 0.0691 e. The topological polar surface area (TPSA) is 67.8 Å². The highest BCUT2D eigenvalue weighted by Gasteiger charge is 2.26. The number of unbranched alkanes of at least 4 members (excludes halogenated alkanes) is 14. The van der Waals surface area contributed by atoms with E-state index < -0.39 is 0 Å². The molecule has 4 aliphatic heterocycles. The van der Waals surface area contributed by atoms with Gasteiger partial charge in [-0.3, -0.25) is 0 Å². The Morgan fingerprint density at radius 3 is 1.60 bits per heavy atom. The number of aliphatic hydroxyl groups is 2. The molecule has 6 atom stereocenters. The summed E-state index contributed by atoms with van der Waals surface area (Å²) in [5.74, 6) is 0. The van der Waals surface area contributed by atoms with Crippen LogP contribution in [0.15, 0.2) is 22.9 Å². The molecule has 6 unspecified atom stereocenters. The molecule has 0 aromatic carbocycles. The quantitative estimate of drug-likeness (QED) is 0.0902. The van der Waals surface area contributed by atoms with Crippen LogP contribution < -0.4 is 10.6 Å². The molecule has 5 heteroatoms. The number of allylic oxidation sites excluding steroid dienone is 3. The SMILES string of the molecule is CC1NC(CCCCCCCCCCC2=CC(CCCCCCCCCCC3CCC(O)C(C)N3)=C3CCCN3C2)CCC1O. The first kappa shape index (κ1) is 36.9. The van der Waals surface area contributed by atoms with Crippen LogP contribution in [-0.4, -0.2) is 64.6 Å². The predicted molar refractivity (Wildman–Crippen MR) is 192 cm³/mol. The summed E-state index contributed by atoms with van der Waals surface area (Å²) >= 11 is 0. The predicted octanol–water partition coefficient (Wildman–Crippen LogP) is 9.08. The van der Waals surface area contributed by atoms with Crippen LogP contribution in [0.4, 0.5) is 0 Å². The maximum absolute atomic E-state index is 9.89. The van der Waals surface area contributed by atoms with E-state index in [1.165, 1.54) is 154 Å². The second-order valence-electron chi connectivity index (χ2n) is 15.6. The van der Waals surface area contributed by atoms with Gasteiger partial charge in [0.1, 0.15) is 0 Å². The average Bonchev–Trinajstić information content (AvgIpc) is 3.51. The normalized spacial score (nSPS) is 28.9. The monoisotopic (exact) mass is 628 g/mol. The lowest BCUT2D eigenvalue weighted by Crippen LogP contribution is -2.48. The van der Waals surface area contributed by atoms with Crippen molar-refractivity contribution in [2.24, 2.45) is 0 Å². The van der Waals surface area contributed by atoms with Gasteiger partial charge in [-0.2, -0.15) is 0 Å². The molecule has 0 saturated carbocycles. The van der Waals surface area contributed by atoms with Gasteiger partial charge < -0.3 is 25.7 Å². The van der Waals surface area contributed by atoms with E-state index in [9.17, 15) is 10.2 Å². The van der Waals surface area contributed by atoms with Crippen LogP contribution >= 0.6 is 0 Å². The molecular weight excluding hydrogens is 554 g/mol. The number of piperidine rings is 2. The van der Waals surface area contributed by atoms with Crippen LogP contribution in [0.5, 0.6) is 0 Å². The van der Waals surface area contributed by atoms with Crippen molar-refractivity contribution in [1.82, 2.24) is 15.5 Å². The van der Waals surface area contributed by atoms with E-state index in [2.05, 4.69) is 35.5 Å². The highest BCUT2D eigenvalue weighted by molar-refractivity contribution is 5.35. The Bertz CT molecular complexity index is 872. The molecule has 0 amide bonds. The molecule has 3 fully saturated rings. The third-order valence-corrected chi connectivity index (χ3v) is 11.7. The number of hydrogen-bond donors (Lipinski definition) is 4. The van der Waals surface area contributed by atoms with Gasteiger partial charge in [-0.1, -0.05) is 102 Å². The summed E-state index contributed by atoms with van der Waals surface area (Å²) in [4.78, 5) is 2.72.